The minimum atomic E-state index is -2.93. The van der Waals surface area contributed by atoms with Crippen molar-refractivity contribution in [1.29, 1.82) is 0 Å². The zero-order chi connectivity index (χ0) is 20.1. The van der Waals surface area contributed by atoms with Crippen LogP contribution in [0.15, 0.2) is 53.6 Å². The summed E-state index contributed by atoms with van der Waals surface area (Å²) in [6.07, 6.45) is 3.00. The first-order valence-corrected chi connectivity index (χ1v) is 8.52. The predicted octanol–water partition coefficient (Wildman–Crippen LogP) is 3.12. The normalized spacial score (nSPS) is 11.3. The lowest BCUT2D eigenvalue weighted by Crippen LogP contribution is -2.22. The summed E-state index contributed by atoms with van der Waals surface area (Å²) < 4.78 is 37.7. The van der Waals surface area contributed by atoms with Crippen molar-refractivity contribution in [2.24, 2.45) is 0 Å². The molecule has 9 heteroatoms. The standard InChI is InChI=1S/C19H18F2N4O3/c1-3-27-18-24-16(13-8-9-22-23-11-13)10-17(26)25(18)14-4-6-15(7-5-14)28-12-19(2,20)21/h4-11H,3,12H2,1-2H3. The third-order valence-corrected chi connectivity index (χ3v) is 3.63. The molecule has 0 aliphatic heterocycles. The second-order valence-corrected chi connectivity index (χ2v) is 6.01. The largest absolute Gasteiger partial charge is 0.487 e. The molecule has 0 atom stereocenters. The van der Waals surface area contributed by atoms with E-state index in [2.05, 4.69) is 15.2 Å². The van der Waals surface area contributed by atoms with Crippen molar-refractivity contribution in [3.63, 3.8) is 0 Å². The molecule has 2 aromatic heterocycles. The van der Waals surface area contributed by atoms with Crippen molar-refractivity contribution in [3.8, 4) is 28.7 Å². The fourth-order valence-electron chi connectivity index (χ4n) is 2.42. The van der Waals surface area contributed by atoms with Crippen molar-refractivity contribution in [2.45, 2.75) is 19.8 Å². The van der Waals surface area contributed by atoms with Crippen LogP contribution in [0.5, 0.6) is 11.8 Å². The average Bonchev–Trinajstić information content (AvgIpc) is 2.67. The molecule has 0 saturated carbocycles. The van der Waals surface area contributed by atoms with Crippen LogP contribution >= 0.6 is 0 Å². The Hall–Kier alpha value is -3.36. The Balaban J connectivity index is 1.96. The summed E-state index contributed by atoms with van der Waals surface area (Å²) in [5, 5.41) is 7.49. The predicted molar refractivity (Wildman–Crippen MR) is 98.1 cm³/mol. The van der Waals surface area contributed by atoms with Gasteiger partial charge in [-0.15, -0.1) is 0 Å². The molecule has 0 bridgehead atoms. The van der Waals surface area contributed by atoms with Crippen LogP contribution in [-0.2, 0) is 0 Å². The number of hydrogen-bond donors (Lipinski definition) is 0. The van der Waals surface area contributed by atoms with Crippen molar-refractivity contribution < 1.29 is 18.3 Å². The Kier molecular flexibility index (Phi) is 5.62. The number of alkyl halides is 2. The maximum atomic E-state index is 12.9. The van der Waals surface area contributed by atoms with Crippen LogP contribution in [0.4, 0.5) is 8.78 Å². The van der Waals surface area contributed by atoms with Gasteiger partial charge in [0.2, 0.25) is 0 Å². The zero-order valence-electron chi connectivity index (χ0n) is 15.3. The van der Waals surface area contributed by atoms with Gasteiger partial charge in [-0.25, -0.2) is 13.3 Å². The topological polar surface area (TPSA) is 79.1 Å². The molecule has 0 saturated heterocycles. The lowest BCUT2D eigenvalue weighted by molar-refractivity contribution is -0.0229. The molecule has 0 unspecified atom stereocenters. The summed E-state index contributed by atoms with van der Waals surface area (Å²) in [4.78, 5) is 17.1. The lowest BCUT2D eigenvalue weighted by atomic mass is 10.2. The van der Waals surface area contributed by atoms with Crippen LogP contribution < -0.4 is 15.0 Å². The number of rotatable bonds is 7. The van der Waals surface area contributed by atoms with Gasteiger partial charge in [0.15, 0.2) is 6.61 Å². The zero-order valence-corrected chi connectivity index (χ0v) is 15.3. The monoisotopic (exact) mass is 388 g/mol. The number of nitrogens with zero attached hydrogens (tertiary/aromatic N) is 4. The van der Waals surface area contributed by atoms with Gasteiger partial charge < -0.3 is 9.47 Å². The highest BCUT2D eigenvalue weighted by molar-refractivity contribution is 5.57. The molecule has 3 aromatic rings. The van der Waals surface area contributed by atoms with E-state index in [-0.39, 0.29) is 17.3 Å². The molecule has 0 radical (unpaired) electrons. The van der Waals surface area contributed by atoms with Crippen molar-refractivity contribution >= 4 is 0 Å². The summed E-state index contributed by atoms with van der Waals surface area (Å²) >= 11 is 0. The molecule has 2 heterocycles. The SMILES string of the molecule is CCOc1nc(-c2ccnnc2)cc(=O)n1-c1ccc(OCC(C)(F)F)cc1. The summed E-state index contributed by atoms with van der Waals surface area (Å²) in [5.74, 6) is -2.66. The Morgan fingerprint density at radius 2 is 1.86 bits per heavy atom. The number of aromatic nitrogens is 4. The van der Waals surface area contributed by atoms with E-state index in [9.17, 15) is 13.6 Å². The molecule has 0 amide bonds. The van der Waals surface area contributed by atoms with Crippen LogP contribution in [0.3, 0.4) is 0 Å². The quantitative estimate of drug-likeness (QED) is 0.619. The van der Waals surface area contributed by atoms with Gasteiger partial charge in [-0.3, -0.25) is 4.79 Å². The molecule has 146 valence electrons. The van der Waals surface area contributed by atoms with Gasteiger partial charge in [0.1, 0.15) is 5.75 Å². The van der Waals surface area contributed by atoms with E-state index < -0.39 is 12.5 Å². The number of ether oxygens (including phenoxy) is 2. The summed E-state index contributed by atoms with van der Waals surface area (Å²) in [6.45, 7) is 2.13. The van der Waals surface area contributed by atoms with Crippen molar-refractivity contribution in [2.75, 3.05) is 13.2 Å². The van der Waals surface area contributed by atoms with Gasteiger partial charge in [-0.2, -0.15) is 15.2 Å². The summed E-state index contributed by atoms with van der Waals surface area (Å²) in [5.41, 5.74) is 1.14. The Morgan fingerprint density at radius 1 is 1.11 bits per heavy atom. The van der Waals surface area contributed by atoms with E-state index in [4.69, 9.17) is 9.47 Å². The third-order valence-electron chi connectivity index (χ3n) is 3.63. The Morgan fingerprint density at radius 3 is 2.46 bits per heavy atom. The Labute approximate surface area is 159 Å². The van der Waals surface area contributed by atoms with Crippen LogP contribution in [0, 0.1) is 0 Å². The number of hydrogen-bond acceptors (Lipinski definition) is 6. The number of benzene rings is 1. The highest BCUT2D eigenvalue weighted by Crippen LogP contribution is 2.22. The molecule has 0 N–H and O–H groups in total. The van der Waals surface area contributed by atoms with Gasteiger partial charge in [0, 0.05) is 18.6 Å². The fraction of sp³-hybridized carbons (Fsp3) is 0.263. The Bertz CT molecular complexity index is 987. The smallest absolute Gasteiger partial charge is 0.304 e. The molecule has 7 nitrogen and oxygen atoms in total. The van der Waals surface area contributed by atoms with Crippen molar-refractivity contribution in [3.05, 3.63) is 59.1 Å². The van der Waals surface area contributed by atoms with Gasteiger partial charge in [-0.05, 0) is 37.3 Å². The van der Waals surface area contributed by atoms with Gasteiger partial charge >= 0.3 is 6.01 Å². The van der Waals surface area contributed by atoms with Crippen LogP contribution in [-0.4, -0.2) is 38.9 Å². The third kappa shape index (κ3) is 4.67. The van der Waals surface area contributed by atoms with E-state index in [0.717, 1.165) is 6.92 Å². The van der Waals surface area contributed by atoms with Crippen molar-refractivity contribution in [1.82, 2.24) is 19.7 Å². The first-order valence-electron chi connectivity index (χ1n) is 8.52. The first kappa shape index (κ1) is 19.4. The molecule has 0 fully saturated rings. The van der Waals surface area contributed by atoms with E-state index in [1.54, 1.807) is 25.1 Å². The van der Waals surface area contributed by atoms with E-state index in [1.807, 2.05) is 0 Å². The van der Waals surface area contributed by atoms with E-state index >= 15 is 0 Å². The lowest BCUT2D eigenvalue weighted by Gasteiger charge is -2.15. The van der Waals surface area contributed by atoms with Gasteiger partial charge in [0.05, 0.1) is 30.4 Å². The first-order chi connectivity index (χ1) is 13.4. The van der Waals surface area contributed by atoms with Gasteiger partial charge in [0.25, 0.3) is 11.5 Å². The summed E-state index contributed by atoms with van der Waals surface area (Å²) in [6, 6.07) is 9.31. The maximum Gasteiger partial charge on any atom is 0.304 e. The minimum absolute atomic E-state index is 0.107. The van der Waals surface area contributed by atoms with Gasteiger partial charge in [-0.1, -0.05) is 0 Å². The summed E-state index contributed by atoms with van der Waals surface area (Å²) in [7, 11) is 0. The minimum Gasteiger partial charge on any atom is -0.487 e. The molecule has 0 aliphatic carbocycles. The molecular weight excluding hydrogens is 370 g/mol. The molecule has 1 aromatic carbocycles. The molecule has 0 aliphatic rings. The number of halogens is 2. The van der Waals surface area contributed by atoms with E-state index in [1.165, 1.54) is 35.2 Å². The highest BCUT2D eigenvalue weighted by atomic mass is 19.3. The fourth-order valence-corrected chi connectivity index (χ4v) is 2.42. The van der Waals surface area contributed by atoms with E-state index in [0.29, 0.717) is 23.6 Å². The highest BCUT2D eigenvalue weighted by Gasteiger charge is 2.22. The average molecular weight is 388 g/mol. The van der Waals surface area contributed by atoms with Crippen LogP contribution in [0.25, 0.3) is 16.9 Å². The second-order valence-electron chi connectivity index (χ2n) is 6.01. The molecule has 0 spiro atoms. The second kappa shape index (κ2) is 8.12. The van der Waals surface area contributed by atoms with Crippen LogP contribution in [0.1, 0.15) is 13.8 Å². The molecule has 3 rings (SSSR count). The molecule has 28 heavy (non-hydrogen) atoms. The molecular formula is C19H18F2N4O3. The maximum absolute atomic E-state index is 12.9. The van der Waals surface area contributed by atoms with Crippen LogP contribution in [0.2, 0.25) is 0 Å².